The van der Waals surface area contributed by atoms with E-state index in [-0.39, 0.29) is 30.3 Å². The zero-order valence-electron chi connectivity index (χ0n) is 18.6. The number of hydrazone groups is 1. The normalized spacial score (nSPS) is 19.8. The van der Waals surface area contributed by atoms with E-state index in [0.29, 0.717) is 37.4 Å². The van der Waals surface area contributed by atoms with E-state index in [2.05, 4.69) is 36.9 Å². The second-order valence-corrected chi connectivity index (χ2v) is 9.20. The van der Waals surface area contributed by atoms with Crippen molar-refractivity contribution >= 4 is 29.1 Å². The molecule has 0 radical (unpaired) electrons. The van der Waals surface area contributed by atoms with Gasteiger partial charge in [0.25, 0.3) is 5.91 Å². The Labute approximate surface area is 194 Å². The van der Waals surface area contributed by atoms with Crippen LogP contribution in [-0.4, -0.2) is 47.1 Å². The van der Waals surface area contributed by atoms with E-state index < -0.39 is 0 Å². The zero-order valence-corrected chi connectivity index (χ0v) is 19.3. The van der Waals surface area contributed by atoms with Crippen LogP contribution in [-0.2, 0) is 9.59 Å². The molecule has 1 saturated heterocycles. The molecular weight excluding hydrogens is 424 g/mol. The van der Waals surface area contributed by atoms with E-state index in [1.165, 1.54) is 0 Å². The van der Waals surface area contributed by atoms with E-state index in [1.807, 2.05) is 24.3 Å². The van der Waals surface area contributed by atoms with Gasteiger partial charge in [0.1, 0.15) is 0 Å². The number of halogens is 1. The lowest BCUT2D eigenvalue weighted by molar-refractivity contribution is -0.134. The number of primary amides is 1. The van der Waals surface area contributed by atoms with Crippen molar-refractivity contribution in [2.45, 2.75) is 39.2 Å². The molecule has 0 aromatic heterocycles. The number of hydrogen-bond acceptors (Lipinski definition) is 4. The van der Waals surface area contributed by atoms with Crippen LogP contribution in [0.5, 0.6) is 0 Å². The average Bonchev–Trinajstić information content (AvgIpc) is 3.21. The molecule has 2 N–H and O–H groups in total. The highest BCUT2D eigenvalue weighted by Gasteiger charge is 2.35. The van der Waals surface area contributed by atoms with Gasteiger partial charge in [-0.05, 0) is 57.0 Å². The van der Waals surface area contributed by atoms with Crippen molar-refractivity contribution in [2.24, 2.45) is 16.8 Å². The molecule has 2 aliphatic heterocycles. The number of carbonyl (C=O) groups excluding carboxylic acids is 2. The molecule has 1 atom stereocenters. The van der Waals surface area contributed by atoms with Gasteiger partial charge in [0.2, 0.25) is 5.91 Å². The molecule has 7 heteroatoms. The van der Waals surface area contributed by atoms with Crippen molar-refractivity contribution in [3.8, 4) is 0 Å². The van der Waals surface area contributed by atoms with Crippen LogP contribution in [0.3, 0.4) is 0 Å². The molecule has 2 aromatic carbocycles. The first-order valence-electron chi connectivity index (χ1n) is 11.1. The monoisotopic (exact) mass is 452 g/mol. The number of piperidine rings is 1. The number of carbonyl (C=O) groups is 2. The Morgan fingerprint density at radius 2 is 1.84 bits per heavy atom. The van der Waals surface area contributed by atoms with E-state index in [9.17, 15) is 9.59 Å². The fraction of sp³-hybridized carbons (Fsp3) is 0.400. The van der Waals surface area contributed by atoms with Gasteiger partial charge >= 0.3 is 0 Å². The molecule has 1 fully saturated rings. The third-order valence-electron chi connectivity index (χ3n) is 6.49. The molecule has 168 valence electrons. The van der Waals surface area contributed by atoms with Crippen LogP contribution in [0.25, 0.3) is 0 Å². The highest BCUT2D eigenvalue weighted by Crippen LogP contribution is 2.36. The molecule has 1 unspecified atom stereocenters. The van der Waals surface area contributed by atoms with Gasteiger partial charge in [0, 0.05) is 22.9 Å². The summed E-state index contributed by atoms with van der Waals surface area (Å²) in [5.74, 6) is -0.393. The highest BCUT2D eigenvalue weighted by molar-refractivity contribution is 6.34. The number of rotatable bonds is 5. The molecule has 4 rings (SSSR count). The van der Waals surface area contributed by atoms with Crippen LogP contribution in [0.1, 0.15) is 47.6 Å². The SMILES string of the molecule is Cc1ccc(C)c(C2CC(c3ccccc3Cl)=NN2C(=O)CN2CCC(C(N)=O)CC2)c1. The number of likely N-dealkylation sites (tertiary alicyclic amines) is 1. The molecule has 32 heavy (non-hydrogen) atoms. The zero-order chi connectivity index (χ0) is 22.8. The standard InChI is InChI=1S/C25H29ClN4O2/c1-16-7-8-17(2)20(13-16)23-14-22(19-5-3-4-6-21(19)26)28-30(23)24(31)15-29-11-9-18(10-12-29)25(27)32/h3-8,13,18,23H,9-12,14-15H2,1-2H3,(H2,27,32). The van der Waals surface area contributed by atoms with Crippen LogP contribution < -0.4 is 5.73 Å². The van der Waals surface area contributed by atoms with Crippen molar-refractivity contribution in [3.05, 3.63) is 69.7 Å². The summed E-state index contributed by atoms with van der Waals surface area (Å²) >= 11 is 6.45. The predicted octanol–water partition coefficient (Wildman–Crippen LogP) is 3.83. The minimum absolute atomic E-state index is 0.0458. The van der Waals surface area contributed by atoms with Crippen molar-refractivity contribution in [1.82, 2.24) is 9.91 Å². The lowest BCUT2D eigenvalue weighted by Crippen LogP contribution is -2.44. The Morgan fingerprint density at radius 1 is 1.12 bits per heavy atom. The largest absolute Gasteiger partial charge is 0.369 e. The number of hydrogen-bond donors (Lipinski definition) is 1. The molecule has 2 aromatic rings. The molecule has 2 heterocycles. The summed E-state index contributed by atoms with van der Waals surface area (Å²) in [5, 5.41) is 7.04. The summed E-state index contributed by atoms with van der Waals surface area (Å²) in [6.45, 7) is 5.76. The number of nitrogens with zero attached hydrogens (tertiary/aromatic N) is 3. The van der Waals surface area contributed by atoms with Gasteiger partial charge in [0.15, 0.2) is 0 Å². The van der Waals surface area contributed by atoms with Crippen molar-refractivity contribution in [1.29, 1.82) is 0 Å². The second kappa shape index (κ2) is 9.43. The summed E-state index contributed by atoms with van der Waals surface area (Å²) < 4.78 is 0. The van der Waals surface area contributed by atoms with Crippen LogP contribution in [0.15, 0.2) is 47.6 Å². The molecule has 0 aliphatic carbocycles. The maximum Gasteiger partial charge on any atom is 0.257 e. The summed E-state index contributed by atoms with van der Waals surface area (Å²) in [6.07, 6.45) is 2.00. The maximum absolute atomic E-state index is 13.4. The van der Waals surface area contributed by atoms with Gasteiger partial charge in [-0.1, -0.05) is 53.6 Å². The van der Waals surface area contributed by atoms with Crippen LogP contribution in [0.2, 0.25) is 5.02 Å². The van der Waals surface area contributed by atoms with Crippen LogP contribution in [0, 0.1) is 19.8 Å². The topological polar surface area (TPSA) is 79.0 Å². The first-order chi connectivity index (χ1) is 15.3. The Balaban J connectivity index is 1.59. The van der Waals surface area contributed by atoms with Gasteiger partial charge in [-0.2, -0.15) is 5.10 Å². The van der Waals surface area contributed by atoms with Crippen molar-refractivity contribution < 1.29 is 9.59 Å². The summed E-state index contributed by atoms with van der Waals surface area (Å²) in [7, 11) is 0. The Hall–Kier alpha value is -2.70. The van der Waals surface area contributed by atoms with E-state index >= 15 is 0 Å². The lowest BCUT2D eigenvalue weighted by atomic mass is 9.93. The number of amides is 2. The van der Waals surface area contributed by atoms with Crippen LogP contribution >= 0.6 is 11.6 Å². The van der Waals surface area contributed by atoms with Crippen molar-refractivity contribution in [3.63, 3.8) is 0 Å². The average molecular weight is 453 g/mol. The number of aryl methyl sites for hydroxylation is 2. The highest BCUT2D eigenvalue weighted by atomic mass is 35.5. The van der Waals surface area contributed by atoms with Gasteiger partial charge in [-0.25, -0.2) is 5.01 Å². The van der Waals surface area contributed by atoms with Crippen LogP contribution in [0.4, 0.5) is 0 Å². The quantitative estimate of drug-likeness (QED) is 0.748. The Kier molecular flexibility index (Phi) is 6.63. The lowest BCUT2D eigenvalue weighted by Gasteiger charge is -2.32. The molecular formula is C25H29ClN4O2. The van der Waals surface area contributed by atoms with E-state index in [0.717, 1.165) is 28.0 Å². The molecule has 0 bridgehead atoms. The molecule has 2 amide bonds. The minimum atomic E-state index is -0.250. The first-order valence-corrected chi connectivity index (χ1v) is 11.4. The molecule has 6 nitrogen and oxygen atoms in total. The number of benzene rings is 2. The first kappa shape index (κ1) is 22.5. The van der Waals surface area contributed by atoms with E-state index in [1.54, 1.807) is 5.01 Å². The van der Waals surface area contributed by atoms with E-state index in [4.69, 9.17) is 22.4 Å². The smallest absolute Gasteiger partial charge is 0.257 e. The second-order valence-electron chi connectivity index (χ2n) is 8.80. The molecule has 0 spiro atoms. The summed E-state index contributed by atoms with van der Waals surface area (Å²) in [4.78, 5) is 27.0. The number of nitrogens with two attached hydrogens (primary N) is 1. The van der Waals surface area contributed by atoms with Gasteiger partial charge < -0.3 is 5.73 Å². The predicted molar refractivity (Wildman–Crippen MR) is 126 cm³/mol. The third kappa shape index (κ3) is 4.71. The third-order valence-corrected chi connectivity index (χ3v) is 6.82. The van der Waals surface area contributed by atoms with Gasteiger partial charge in [-0.3, -0.25) is 14.5 Å². The minimum Gasteiger partial charge on any atom is -0.369 e. The Bertz CT molecular complexity index is 1060. The summed E-state index contributed by atoms with van der Waals surface area (Å²) in [5.41, 5.74) is 10.5. The van der Waals surface area contributed by atoms with Gasteiger partial charge in [-0.15, -0.1) is 0 Å². The fourth-order valence-electron chi connectivity index (χ4n) is 4.60. The maximum atomic E-state index is 13.4. The van der Waals surface area contributed by atoms with Gasteiger partial charge in [0.05, 0.1) is 18.3 Å². The molecule has 0 saturated carbocycles. The fourth-order valence-corrected chi connectivity index (χ4v) is 4.84. The summed E-state index contributed by atoms with van der Waals surface area (Å²) in [6, 6.07) is 13.8. The molecule has 2 aliphatic rings. The Morgan fingerprint density at radius 3 is 2.53 bits per heavy atom. The van der Waals surface area contributed by atoms with Crippen molar-refractivity contribution in [2.75, 3.05) is 19.6 Å².